The normalized spacial score (nSPS) is 22.4. The zero-order valence-electron chi connectivity index (χ0n) is 9.72. The van der Waals surface area contributed by atoms with Gasteiger partial charge < -0.3 is 15.2 Å². The molecule has 1 aromatic rings. The first kappa shape index (κ1) is 11.7. The number of hydrogen-bond donors (Lipinski definition) is 2. The van der Waals surface area contributed by atoms with E-state index in [1.54, 1.807) is 6.20 Å². The third-order valence-electron chi connectivity index (χ3n) is 2.98. The van der Waals surface area contributed by atoms with Gasteiger partial charge in [-0.1, -0.05) is 6.92 Å². The Kier molecular flexibility index (Phi) is 3.46. The van der Waals surface area contributed by atoms with Crippen molar-refractivity contribution in [2.75, 3.05) is 6.54 Å². The monoisotopic (exact) mass is 236 g/mol. The summed E-state index contributed by atoms with van der Waals surface area (Å²) in [5, 5.41) is 11.1. The van der Waals surface area contributed by atoms with Gasteiger partial charge in [-0.3, -0.25) is 4.98 Å². The van der Waals surface area contributed by atoms with Gasteiger partial charge in [0.25, 0.3) is 0 Å². The molecule has 5 heteroatoms. The highest BCUT2D eigenvalue weighted by Crippen LogP contribution is 2.34. The molecule has 0 saturated heterocycles. The van der Waals surface area contributed by atoms with Crippen LogP contribution in [0.5, 0.6) is 5.75 Å². The van der Waals surface area contributed by atoms with Crippen LogP contribution in [0.2, 0.25) is 0 Å². The van der Waals surface area contributed by atoms with Gasteiger partial charge in [-0.25, -0.2) is 4.79 Å². The molecule has 0 saturated carbocycles. The second-order valence-corrected chi connectivity index (χ2v) is 4.15. The molecule has 0 radical (unpaired) electrons. The van der Waals surface area contributed by atoms with Gasteiger partial charge in [0.15, 0.2) is 0 Å². The van der Waals surface area contributed by atoms with E-state index in [4.69, 9.17) is 9.84 Å². The van der Waals surface area contributed by atoms with E-state index < -0.39 is 6.09 Å². The maximum Gasteiger partial charge on any atom is 0.404 e. The minimum Gasteiger partial charge on any atom is -0.488 e. The third kappa shape index (κ3) is 2.67. The summed E-state index contributed by atoms with van der Waals surface area (Å²) in [6.07, 6.45) is 2.58. The largest absolute Gasteiger partial charge is 0.488 e. The van der Waals surface area contributed by atoms with Crippen molar-refractivity contribution < 1.29 is 14.6 Å². The van der Waals surface area contributed by atoms with Crippen LogP contribution >= 0.6 is 0 Å². The number of carboxylic acid groups (broad SMARTS) is 1. The maximum atomic E-state index is 10.5. The Hall–Kier alpha value is -1.78. The SMILES string of the molecule is CC[C@@H]1C[C@H](CNC(=O)O)c2ncccc2O1. The molecule has 1 amide bonds. The van der Waals surface area contributed by atoms with Gasteiger partial charge in [0.2, 0.25) is 0 Å². The first-order valence-corrected chi connectivity index (χ1v) is 5.79. The summed E-state index contributed by atoms with van der Waals surface area (Å²) in [5.74, 6) is 0.879. The average Bonchev–Trinajstić information content (AvgIpc) is 2.35. The Balaban J connectivity index is 2.17. The van der Waals surface area contributed by atoms with E-state index in [1.807, 2.05) is 12.1 Å². The molecule has 0 aliphatic carbocycles. The van der Waals surface area contributed by atoms with E-state index in [-0.39, 0.29) is 12.0 Å². The van der Waals surface area contributed by atoms with Crippen molar-refractivity contribution in [3.05, 3.63) is 24.0 Å². The van der Waals surface area contributed by atoms with Gasteiger partial charge in [-0.15, -0.1) is 0 Å². The molecule has 1 aliphatic rings. The van der Waals surface area contributed by atoms with E-state index in [9.17, 15) is 4.79 Å². The van der Waals surface area contributed by atoms with Crippen LogP contribution in [0, 0.1) is 0 Å². The maximum absolute atomic E-state index is 10.5. The number of nitrogens with one attached hydrogen (secondary N) is 1. The smallest absolute Gasteiger partial charge is 0.404 e. The molecule has 2 N–H and O–H groups in total. The Bertz CT molecular complexity index is 408. The standard InChI is InChI=1S/C12H16N2O3/c1-2-9-6-8(7-14-12(15)16)11-10(17-9)4-3-5-13-11/h3-5,8-9,14H,2,6-7H2,1H3,(H,15,16)/t8-,9-/m1/s1. The van der Waals surface area contributed by atoms with Crippen LogP contribution in [0.3, 0.4) is 0 Å². The lowest BCUT2D eigenvalue weighted by molar-refractivity contribution is 0.148. The molecule has 1 aliphatic heterocycles. The topological polar surface area (TPSA) is 71.5 Å². The van der Waals surface area contributed by atoms with Crippen LogP contribution in [0.15, 0.2) is 18.3 Å². The molecule has 2 rings (SSSR count). The molecule has 2 atom stereocenters. The number of rotatable bonds is 3. The van der Waals surface area contributed by atoms with Crippen molar-refractivity contribution in [3.8, 4) is 5.75 Å². The highest BCUT2D eigenvalue weighted by molar-refractivity contribution is 5.64. The summed E-state index contributed by atoms with van der Waals surface area (Å²) in [5.41, 5.74) is 0.853. The van der Waals surface area contributed by atoms with Crippen molar-refractivity contribution in [3.63, 3.8) is 0 Å². The Labute approximate surface area is 99.8 Å². The highest BCUT2D eigenvalue weighted by Gasteiger charge is 2.28. The van der Waals surface area contributed by atoms with Crippen LogP contribution < -0.4 is 10.1 Å². The number of hydrogen-bond acceptors (Lipinski definition) is 3. The number of pyridine rings is 1. The van der Waals surface area contributed by atoms with E-state index in [2.05, 4.69) is 17.2 Å². The molecule has 0 bridgehead atoms. The lowest BCUT2D eigenvalue weighted by Crippen LogP contribution is -2.33. The summed E-state index contributed by atoms with van der Waals surface area (Å²) >= 11 is 0. The van der Waals surface area contributed by atoms with E-state index in [0.717, 1.165) is 24.3 Å². The molecule has 0 spiro atoms. The zero-order valence-corrected chi connectivity index (χ0v) is 9.72. The summed E-state index contributed by atoms with van der Waals surface area (Å²) in [6.45, 7) is 2.45. The van der Waals surface area contributed by atoms with Crippen molar-refractivity contribution in [1.82, 2.24) is 10.3 Å². The Morgan fingerprint density at radius 3 is 3.24 bits per heavy atom. The first-order chi connectivity index (χ1) is 8.20. The lowest BCUT2D eigenvalue weighted by atomic mass is 9.93. The van der Waals surface area contributed by atoms with Gasteiger partial charge in [0.05, 0.1) is 11.8 Å². The van der Waals surface area contributed by atoms with E-state index in [0.29, 0.717) is 6.54 Å². The fraction of sp³-hybridized carbons (Fsp3) is 0.500. The number of ether oxygens (including phenoxy) is 1. The summed E-state index contributed by atoms with van der Waals surface area (Å²) in [7, 11) is 0. The molecule has 92 valence electrons. The number of nitrogens with zero attached hydrogens (tertiary/aromatic N) is 1. The van der Waals surface area contributed by atoms with Crippen molar-refractivity contribution in [2.24, 2.45) is 0 Å². The molecule has 1 aromatic heterocycles. The summed E-state index contributed by atoms with van der Waals surface area (Å²) in [4.78, 5) is 14.8. The predicted molar refractivity (Wildman–Crippen MR) is 62.3 cm³/mol. The molecule has 0 unspecified atom stereocenters. The molecular weight excluding hydrogens is 220 g/mol. The average molecular weight is 236 g/mol. The number of aromatic nitrogens is 1. The van der Waals surface area contributed by atoms with Crippen LogP contribution in [-0.4, -0.2) is 28.8 Å². The molecule has 5 nitrogen and oxygen atoms in total. The molecule has 17 heavy (non-hydrogen) atoms. The van der Waals surface area contributed by atoms with Gasteiger partial charge in [-0.05, 0) is 25.0 Å². The predicted octanol–water partition coefficient (Wildman–Crippen LogP) is 1.99. The summed E-state index contributed by atoms with van der Waals surface area (Å²) in [6, 6.07) is 3.72. The third-order valence-corrected chi connectivity index (χ3v) is 2.98. The van der Waals surface area contributed by atoms with Crippen LogP contribution in [0.1, 0.15) is 31.4 Å². The number of fused-ring (bicyclic) bond motifs is 1. The Morgan fingerprint density at radius 1 is 1.71 bits per heavy atom. The number of carbonyl (C=O) groups is 1. The highest BCUT2D eigenvalue weighted by atomic mass is 16.5. The quantitative estimate of drug-likeness (QED) is 0.842. The van der Waals surface area contributed by atoms with Crippen molar-refractivity contribution in [1.29, 1.82) is 0 Å². The van der Waals surface area contributed by atoms with E-state index in [1.165, 1.54) is 0 Å². The van der Waals surface area contributed by atoms with Crippen molar-refractivity contribution in [2.45, 2.75) is 31.8 Å². The lowest BCUT2D eigenvalue weighted by Gasteiger charge is -2.30. The fourth-order valence-electron chi connectivity index (χ4n) is 2.11. The van der Waals surface area contributed by atoms with Gasteiger partial charge >= 0.3 is 6.09 Å². The summed E-state index contributed by atoms with van der Waals surface area (Å²) < 4.78 is 5.78. The molecule has 2 heterocycles. The van der Waals surface area contributed by atoms with Gasteiger partial charge in [0.1, 0.15) is 5.75 Å². The van der Waals surface area contributed by atoms with Crippen molar-refractivity contribution >= 4 is 6.09 Å². The van der Waals surface area contributed by atoms with Gasteiger partial charge in [0, 0.05) is 18.7 Å². The van der Waals surface area contributed by atoms with Crippen LogP contribution in [0.4, 0.5) is 4.79 Å². The zero-order chi connectivity index (χ0) is 12.3. The number of amides is 1. The van der Waals surface area contributed by atoms with Gasteiger partial charge in [-0.2, -0.15) is 0 Å². The molecule has 0 fully saturated rings. The fourth-order valence-corrected chi connectivity index (χ4v) is 2.11. The minimum atomic E-state index is -0.998. The Morgan fingerprint density at radius 2 is 2.53 bits per heavy atom. The first-order valence-electron chi connectivity index (χ1n) is 5.79. The minimum absolute atomic E-state index is 0.0981. The molecule has 0 aromatic carbocycles. The second kappa shape index (κ2) is 5.03. The second-order valence-electron chi connectivity index (χ2n) is 4.15. The van der Waals surface area contributed by atoms with Crippen LogP contribution in [-0.2, 0) is 0 Å². The van der Waals surface area contributed by atoms with Crippen LogP contribution in [0.25, 0.3) is 0 Å². The van der Waals surface area contributed by atoms with E-state index >= 15 is 0 Å². The molecular formula is C12H16N2O3.